The second-order valence-corrected chi connectivity index (χ2v) is 7.74. The third-order valence-electron chi connectivity index (χ3n) is 4.61. The Bertz CT molecular complexity index is 996. The summed E-state index contributed by atoms with van der Waals surface area (Å²) in [6.45, 7) is -0.382. The number of imidazole rings is 1. The van der Waals surface area contributed by atoms with Crippen molar-refractivity contribution >= 4 is 56.8 Å². The van der Waals surface area contributed by atoms with E-state index in [1.54, 1.807) is 16.7 Å². The lowest BCUT2D eigenvalue weighted by molar-refractivity contribution is -0.0545. The van der Waals surface area contributed by atoms with E-state index in [2.05, 4.69) is 4.98 Å². The van der Waals surface area contributed by atoms with E-state index in [0.717, 1.165) is 16.3 Å². The molecule has 1 saturated heterocycles. The van der Waals surface area contributed by atoms with E-state index < -0.39 is 24.5 Å². The van der Waals surface area contributed by atoms with E-state index in [9.17, 15) is 15.3 Å². The third-order valence-corrected chi connectivity index (χ3v) is 5.98. The molecule has 6 nitrogen and oxygen atoms in total. The second kappa shape index (κ2) is 6.83. The predicted molar refractivity (Wildman–Crippen MR) is 102 cm³/mol. The molecule has 4 atom stereocenters. The van der Waals surface area contributed by atoms with Gasteiger partial charge in [-0.2, -0.15) is 0 Å². The van der Waals surface area contributed by atoms with Crippen LogP contribution in [0.25, 0.3) is 21.8 Å². The Labute approximate surface area is 163 Å². The van der Waals surface area contributed by atoms with Crippen molar-refractivity contribution in [3.05, 3.63) is 34.3 Å². The zero-order chi connectivity index (χ0) is 18.6. The molecule has 4 rings (SSSR count). The Morgan fingerprint density at radius 1 is 1.12 bits per heavy atom. The number of fused-ring (bicyclic) bond motifs is 2. The summed E-state index contributed by atoms with van der Waals surface area (Å²) in [6, 6.07) is 7.34. The molecule has 0 radical (unpaired) electrons. The fourth-order valence-corrected chi connectivity index (χ4v) is 4.23. The van der Waals surface area contributed by atoms with Crippen LogP contribution in [0.5, 0.6) is 0 Å². The molecule has 1 fully saturated rings. The molecule has 0 amide bonds. The van der Waals surface area contributed by atoms with Gasteiger partial charge in [-0.3, -0.25) is 4.57 Å². The second-order valence-electron chi connectivity index (χ2n) is 6.15. The number of aromatic nitrogens is 2. The summed E-state index contributed by atoms with van der Waals surface area (Å²) in [5.41, 5.74) is 1.44. The van der Waals surface area contributed by atoms with Crippen molar-refractivity contribution in [2.75, 3.05) is 12.9 Å². The molecular formula is C17H16Cl2N2O4S. The standard InChI is InChI=1S/C17H16Cl2N2O4S/c1-26-17-20-11-4-7-2-9(18)10(19)3-8(7)5-12(11)21(17)16-15(24)14(23)13(6-22)25-16/h2-5,13-16,22-24H,6H2,1H3/t13-,14-,15-,16-/m1/s1. The minimum atomic E-state index is -1.18. The fraction of sp³-hybridized carbons (Fsp3) is 0.353. The first-order valence-corrected chi connectivity index (χ1v) is 9.90. The van der Waals surface area contributed by atoms with Crippen LogP contribution in [0, 0.1) is 0 Å². The van der Waals surface area contributed by atoms with E-state index in [1.807, 2.05) is 18.4 Å². The number of rotatable bonds is 3. The number of nitrogens with zero attached hydrogens (tertiary/aromatic N) is 2. The van der Waals surface area contributed by atoms with Gasteiger partial charge in [0.05, 0.1) is 27.7 Å². The van der Waals surface area contributed by atoms with Gasteiger partial charge in [0.25, 0.3) is 0 Å². The van der Waals surface area contributed by atoms with Crippen molar-refractivity contribution in [2.24, 2.45) is 0 Å². The smallest absolute Gasteiger partial charge is 0.170 e. The number of hydrogen-bond acceptors (Lipinski definition) is 6. The molecular weight excluding hydrogens is 399 g/mol. The van der Waals surface area contributed by atoms with Crippen LogP contribution in [0.1, 0.15) is 6.23 Å². The summed E-state index contributed by atoms with van der Waals surface area (Å²) >= 11 is 13.6. The number of hydrogen-bond donors (Lipinski definition) is 3. The van der Waals surface area contributed by atoms with Crippen LogP contribution in [0.3, 0.4) is 0 Å². The Morgan fingerprint density at radius 2 is 1.77 bits per heavy atom. The van der Waals surface area contributed by atoms with Gasteiger partial charge in [0.2, 0.25) is 0 Å². The van der Waals surface area contributed by atoms with Crippen LogP contribution >= 0.6 is 35.0 Å². The van der Waals surface area contributed by atoms with Crippen LogP contribution in [0.4, 0.5) is 0 Å². The predicted octanol–water partition coefficient (Wildman–Crippen LogP) is 2.83. The first-order valence-electron chi connectivity index (χ1n) is 7.91. The molecule has 0 bridgehead atoms. The van der Waals surface area contributed by atoms with Crippen molar-refractivity contribution in [2.45, 2.75) is 29.7 Å². The van der Waals surface area contributed by atoms with Crippen molar-refractivity contribution in [1.82, 2.24) is 9.55 Å². The quantitative estimate of drug-likeness (QED) is 0.571. The first-order chi connectivity index (χ1) is 12.4. The fourth-order valence-electron chi connectivity index (χ4n) is 3.30. The van der Waals surface area contributed by atoms with Gasteiger partial charge in [0.1, 0.15) is 18.3 Å². The zero-order valence-electron chi connectivity index (χ0n) is 13.6. The molecule has 0 spiro atoms. The molecule has 9 heteroatoms. The van der Waals surface area contributed by atoms with Gasteiger partial charge in [-0.25, -0.2) is 4.98 Å². The number of halogens is 2. The van der Waals surface area contributed by atoms with E-state index >= 15 is 0 Å². The number of thioether (sulfide) groups is 1. The van der Waals surface area contributed by atoms with Crippen molar-refractivity contribution in [3.63, 3.8) is 0 Å². The summed E-state index contributed by atoms with van der Waals surface area (Å²) in [6.07, 6.45) is -2.19. The minimum Gasteiger partial charge on any atom is -0.394 e. The molecule has 0 aliphatic carbocycles. The van der Waals surface area contributed by atoms with Gasteiger partial charge >= 0.3 is 0 Å². The molecule has 2 heterocycles. The maximum atomic E-state index is 10.4. The topological polar surface area (TPSA) is 87.7 Å². The van der Waals surface area contributed by atoms with Gasteiger partial charge in [-0.15, -0.1) is 0 Å². The minimum absolute atomic E-state index is 0.382. The van der Waals surface area contributed by atoms with Crippen LogP contribution < -0.4 is 0 Å². The Hall–Kier alpha value is -1.06. The Morgan fingerprint density at radius 3 is 2.35 bits per heavy atom. The van der Waals surface area contributed by atoms with Crippen LogP contribution in [-0.2, 0) is 4.74 Å². The summed E-state index contributed by atoms with van der Waals surface area (Å²) in [5.74, 6) is 0. The molecule has 26 heavy (non-hydrogen) atoms. The molecule has 1 aliphatic heterocycles. The average molecular weight is 415 g/mol. The van der Waals surface area contributed by atoms with Gasteiger partial charge in [-0.1, -0.05) is 35.0 Å². The van der Waals surface area contributed by atoms with E-state index in [1.165, 1.54) is 11.8 Å². The van der Waals surface area contributed by atoms with Gasteiger partial charge in [0.15, 0.2) is 11.4 Å². The van der Waals surface area contributed by atoms with Crippen molar-refractivity contribution in [3.8, 4) is 0 Å². The lowest BCUT2D eigenvalue weighted by Crippen LogP contribution is -2.33. The maximum Gasteiger partial charge on any atom is 0.170 e. The summed E-state index contributed by atoms with van der Waals surface area (Å²) in [4.78, 5) is 4.60. The van der Waals surface area contributed by atoms with Crippen molar-refractivity contribution in [1.29, 1.82) is 0 Å². The molecule has 138 valence electrons. The van der Waals surface area contributed by atoms with Crippen molar-refractivity contribution < 1.29 is 20.1 Å². The summed E-state index contributed by atoms with van der Waals surface area (Å²) in [7, 11) is 0. The Balaban J connectivity index is 1.93. The highest BCUT2D eigenvalue weighted by Crippen LogP contribution is 2.38. The summed E-state index contributed by atoms with van der Waals surface area (Å²) < 4.78 is 7.44. The SMILES string of the molecule is CSc1nc2cc3cc(Cl)c(Cl)cc3cc2n1[C@@H]1O[C@H](CO)[C@@H](O)[C@H]1O. The molecule has 0 unspecified atom stereocenters. The number of benzene rings is 2. The van der Waals surface area contributed by atoms with E-state index in [-0.39, 0.29) is 6.61 Å². The average Bonchev–Trinajstić information content (AvgIpc) is 3.11. The van der Waals surface area contributed by atoms with E-state index in [4.69, 9.17) is 27.9 Å². The molecule has 3 N–H and O–H groups in total. The number of aliphatic hydroxyl groups is 3. The van der Waals surface area contributed by atoms with Gasteiger partial charge < -0.3 is 20.1 Å². The monoisotopic (exact) mass is 414 g/mol. The normalized spacial score (nSPS) is 26.2. The molecule has 1 aromatic heterocycles. The molecule has 3 aromatic rings. The Kier molecular flexibility index (Phi) is 4.81. The van der Waals surface area contributed by atoms with Gasteiger partial charge in [0, 0.05) is 0 Å². The van der Waals surface area contributed by atoms with Crippen LogP contribution in [0.2, 0.25) is 10.0 Å². The summed E-state index contributed by atoms with van der Waals surface area (Å²) in [5, 5.41) is 33.2. The highest BCUT2D eigenvalue weighted by atomic mass is 35.5. The van der Waals surface area contributed by atoms with Crippen LogP contribution in [-0.4, -0.2) is 56.0 Å². The van der Waals surface area contributed by atoms with Crippen LogP contribution in [0.15, 0.2) is 29.4 Å². The lowest BCUT2D eigenvalue weighted by Gasteiger charge is -2.19. The first kappa shape index (κ1) is 18.3. The van der Waals surface area contributed by atoms with Gasteiger partial charge in [-0.05, 0) is 41.3 Å². The largest absolute Gasteiger partial charge is 0.394 e. The zero-order valence-corrected chi connectivity index (χ0v) is 16.0. The number of aliphatic hydroxyl groups excluding tert-OH is 3. The highest BCUT2D eigenvalue weighted by molar-refractivity contribution is 7.98. The molecule has 1 aliphatic rings. The highest BCUT2D eigenvalue weighted by Gasteiger charge is 2.44. The maximum absolute atomic E-state index is 10.4. The molecule has 0 saturated carbocycles. The van der Waals surface area contributed by atoms with E-state index in [0.29, 0.717) is 20.7 Å². The molecule has 2 aromatic carbocycles. The lowest BCUT2D eigenvalue weighted by atomic mass is 10.1. The number of ether oxygens (including phenoxy) is 1. The third kappa shape index (κ3) is 2.79.